The van der Waals surface area contributed by atoms with Gasteiger partial charge < -0.3 is 14.8 Å². The molecule has 0 fully saturated rings. The zero-order chi connectivity index (χ0) is 15.5. The van der Waals surface area contributed by atoms with Gasteiger partial charge >= 0.3 is 0 Å². The molecule has 0 amide bonds. The average molecular weight is 295 g/mol. The SMILES string of the molecule is CNc1nc2cc(-c3cccnc3)ccc2n1CCN(C)C. The molecule has 0 aliphatic rings. The molecule has 0 aliphatic heterocycles. The van der Waals surface area contributed by atoms with Crippen LogP contribution in [0.25, 0.3) is 22.2 Å². The van der Waals surface area contributed by atoms with Crippen molar-refractivity contribution in [3.63, 3.8) is 0 Å². The second-order valence-electron chi connectivity index (χ2n) is 5.59. The maximum Gasteiger partial charge on any atom is 0.203 e. The highest BCUT2D eigenvalue weighted by atomic mass is 15.2. The summed E-state index contributed by atoms with van der Waals surface area (Å²) in [5, 5.41) is 3.19. The summed E-state index contributed by atoms with van der Waals surface area (Å²) in [6.07, 6.45) is 3.67. The van der Waals surface area contributed by atoms with E-state index in [1.54, 1.807) is 6.20 Å². The molecule has 0 unspecified atom stereocenters. The first kappa shape index (κ1) is 14.5. The predicted octanol–water partition coefficient (Wildman–Crippen LogP) is 2.70. The molecule has 2 heterocycles. The van der Waals surface area contributed by atoms with E-state index >= 15 is 0 Å². The van der Waals surface area contributed by atoms with Gasteiger partial charge in [0.25, 0.3) is 0 Å². The number of nitrogens with zero attached hydrogens (tertiary/aromatic N) is 4. The van der Waals surface area contributed by atoms with Gasteiger partial charge in [-0.25, -0.2) is 4.98 Å². The highest BCUT2D eigenvalue weighted by Gasteiger charge is 2.11. The van der Waals surface area contributed by atoms with Gasteiger partial charge in [-0.05, 0) is 37.9 Å². The van der Waals surface area contributed by atoms with Crippen LogP contribution in [0.1, 0.15) is 0 Å². The first-order valence-corrected chi connectivity index (χ1v) is 7.42. The second-order valence-corrected chi connectivity index (χ2v) is 5.59. The largest absolute Gasteiger partial charge is 0.359 e. The van der Waals surface area contributed by atoms with Gasteiger partial charge in [-0.1, -0.05) is 12.1 Å². The lowest BCUT2D eigenvalue weighted by Gasteiger charge is -2.13. The van der Waals surface area contributed by atoms with E-state index in [0.29, 0.717) is 0 Å². The van der Waals surface area contributed by atoms with Crippen molar-refractivity contribution in [1.29, 1.82) is 0 Å². The fourth-order valence-electron chi connectivity index (χ4n) is 2.56. The van der Waals surface area contributed by atoms with Gasteiger partial charge in [-0.15, -0.1) is 0 Å². The molecule has 5 nitrogen and oxygen atoms in total. The van der Waals surface area contributed by atoms with Crippen LogP contribution in [0.15, 0.2) is 42.7 Å². The van der Waals surface area contributed by atoms with Crippen LogP contribution >= 0.6 is 0 Å². The molecule has 1 N–H and O–H groups in total. The van der Waals surface area contributed by atoms with Gasteiger partial charge in [-0.3, -0.25) is 4.98 Å². The van der Waals surface area contributed by atoms with Gasteiger partial charge in [0.1, 0.15) is 0 Å². The molecule has 22 heavy (non-hydrogen) atoms. The molecule has 3 aromatic rings. The maximum atomic E-state index is 4.71. The number of hydrogen-bond donors (Lipinski definition) is 1. The van der Waals surface area contributed by atoms with Crippen LogP contribution in [0, 0.1) is 0 Å². The minimum absolute atomic E-state index is 0.903. The molecule has 2 aromatic heterocycles. The van der Waals surface area contributed by atoms with Crippen LogP contribution in [0.5, 0.6) is 0 Å². The number of pyridine rings is 1. The molecule has 5 heteroatoms. The number of aromatic nitrogens is 3. The van der Waals surface area contributed by atoms with Gasteiger partial charge in [0.15, 0.2) is 0 Å². The predicted molar refractivity (Wildman–Crippen MR) is 91.1 cm³/mol. The van der Waals surface area contributed by atoms with Crippen molar-refractivity contribution < 1.29 is 0 Å². The van der Waals surface area contributed by atoms with Crippen LogP contribution in [-0.2, 0) is 6.54 Å². The number of rotatable bonds is 5. The van der Waals surface area contributed by atoms with Gasteiger partial charge in [0, 0.05) is 38.1 Å². The number of anilines is 1. The molecule has 0 atom stereocenters. The zero-order valence-electron chi connectivity index (χ0n) is 13.2. The molecule has 0 saturated carbocycles. The Kier molecular flexibility index (Phi) is 4.06. The van der Waals surface area contributed by atoms with Gasteiger partial charge in [0.05, 0.1) is 11.0 Å². The number of likely N-dealkylation sites (N-methyl/N-ethyl adjacent to an activating group) is 1. The molecule has 3 rings (SSSR count). The Hall–Kier alpha value is -2.40. The minimum atomic E-state index is 0.903. The summed E-state index contributed by atoms with van der Waals surface area (Å²) in [6.45, 7) is 1.89. The summed E-state index contributed by atoms with van der Waals surface area (Å²) in [5.74, 6) is 0.903. The number of benzene rings is 1. The third kappa shape index (κ3) is 2.80. The van der Waals surface area contributed by atoms with Crippen LogP contribution in [0.2, 0.25) is 0 Å². The molecular formula is C17H21N5. The monoisotopic (exact) mass is 295 g/mol. The van der Waals surface area contributed by atoms with Crippen molar-refractivity contribution >= 4 is 17.0 Å². The molecule has 114 valence electrons. The third-order valence-electron chi connectivity index (χ3n) is 3.74. The Morgan fingerprint density at radius 1 is 1.18 bits per heavy atom. The van der Waals surface area contributed by atoms with E-state index in [1.165, 1.54) is 0 Å². The summed E-state index contributed by atoms with van der Waals surface area (Å²) in [4.78, 5) is 11.1. The van der Waals surface area contributed by atoms with Crippen molar-refractivity contribution in [2.75, 3.05) is 33.0 Å². The fourth-order valence-corrected chi connectivity index (χ4v) is 2.56. The quantitative estimate of drug-likeness (QED) is 0.786. The molecular weight excluding hydrogens is 274 g/mol. The molecule has 0 bridgehead atoms. The van der Waals surface area contributed by atoms with Crippen LogP contribution in [0.4, 0.5) is 5.95 Å². The smallest absolute Gasteiger partial charge is 0.203 e. The van der Waals surface area contributed by atoms with E-state index in [1.807, 2.05) is 19.3 Å². The molecule has 0 spiro atoms. The van der Waals surface area contributed by atoms with E-state index < -0.39 is 0 Å². The highest BCUT2D eigenvalue weighted by molar-refractivity contribution is 5.84. The Labute approximate surface area is 130 Å². The topological polar surface area (TPSA) is 46.0 Å². The standard InChI is InChI=1S/C17H21N5/c1-18-17-20-15-11-13(14-5-4-8-19-12-14)6-7-16(15)22(17)10-9-21(2)3/h4-8,11-12H,9-10H2,1-3H3,(H,18,20). The second kappa shape index (κ2) is 6.15. The Balaban J connectivity index is 2.03. The Morgan fingerprint density at radius 3 is 2.73 bits per heavy atom. The lowest BCUT2D eigenvalue weighted by Crippen LogP contribution is -2.19. The third-order valence-corrected chi connectivity index (χ3v) is 3.74. The van der Waals surface area contributed by atoms with Gasteiger partial charge in [-0.2, -0.15) is 0 Å². The van der Waals surface area contributed by atoms with Crippen molar-refractivity contribution in [2.45, 2.75) is 6.54 Å². The highest BCUT2D eigenvalue weighted by Crippen LogP contribution is 2.26. The van der Waals surface area contributed by atoms with E-state index in [4.69, 9.17) is 4.98 Å². The van der Waals surface area contributed by atoms with Crippen LogP contribution in [0.3, 0.4) is 0 Å². The maximum absolute atomic E-state index is 4.71. The molecule has 0 aliphatic carbocycles. The Bertz CT molecular complexity index is 761. The summed E-state index contributed by atoms with van der Waals surface area (Å²) in [5.41, 5.74) is 4.40. The zero-order valence-corrected chi connectivity index (χ0v) is 13.2. The molecule has 0 radical (unpaired) electrons. The lowest BCUT2D eigenvalue weighted by molar-refractivity contribution is 0.387. The Morgan fingerprint density at radius 2 is 2.05 bits per heavy atom. The molecule has 0 saturated heterocycles. The summed E-state index contributed by atoms with van der Waals surface area (Å²) in [6, 6.07) is 10.4. The van der Waals surface area contributed by atoms with Crippen molar-refractivity contribution in [3.05, 3.63) is 42.7 Å². The van der Waals surface area contributed by atoms with Crippen LogP contribution < -0.4 is 5.32 Å². The van der Waals surface area contributed by atoms with E-state index in [0.717, 1.165) is 41.2 Å². The first-order valence-electron chi connectivity index (χ1n) is 7.42. The molecule has 1 aromatic carbocycles. The first-order chi connectivity index (χ1) is 10.7. The van der Waals surface area contributed by atoms with E-state index in [9.17, 15) is 0 Å². The number of hydrogen-bond acceptors (Lipinski definition) is 4. The average Bonchev–Trinajstić information content (AvgIpc) is 2.90. The minimum Gasteiger partial charge on any atom is -0.359 e. The number of nitrogens with one attached hydrogen (secondary N) is 1. The lowest BCUT2D eigenvalue weighted by atomic mass is 10.1. The summed E-state index contributed by atoms with van der Waals surface area (Å²) < 4.78 is 2.22. The normalized spacial score (nSPS) is 11.3. The van der Waals surface area contributed by atoms with E-state index in [-0.39, 0.29) is 0 Å². The number of fused-ring (bicyclic) bond motifs is 1. The van der Waals surface area contributed by atoms with Crippen molar-refractivity contribution in [3.8, 4) is 11.1 Å². The van der Waals surface area contributed by atoms with Crippen molar-refractivity contribution in [1.82, 2.24) is 19.4 Å². The number of imidazole rings is 1. The van der Waals surface area contributed by atoms with Gasteiger partial charge in [0.2, 0.25) is 5.95 Å². The summed E-state index contributed by atoms with van der Waals surface area (Å²) >= 11 is 0. The summed E-state index contributed by atoms with van der Waals surface area (Å²) in [7, 11) is 6.08. The van der Waals surface area contributed by atoms with Crippen LogP contribution in [-0.4, -0.2) is 47.1 Å². The van der Waals surface area contributed by atoms with Crippen molar-refractivity contribution in [2.24, 2.45) is 0 Å². The fraction of sp³-hybridized carbons (Fsp3) is 0.294. The van der Waals surface area contributed by atoms with E-state index in [2.05, 4.69) is 58.1 Å².